The van der Waals surface area contributed by atoms with Gasteiger partial charge in [-0.25, -0.2) is 9.59 Å². The Morgan fingerprint density at radius 1 is 1.58 bits per heavy atom. The molecule has 1 atom stereocenters. The van der Waals surface area contributed by atoms with Gasteiger partial charge in [-0.3, -0.25) is 0 Å². The number of carbonyl (C=O) groups excluding carboxylic acids is 1. The van der Waals surface area contributed by atoms with Crippen molar-refractivity contribution in [1.29, 1.82) is 0 Å². The van der Waals surface area contributed by atoms with E-state index in [9.17, 15) is 9.59 Å². The maximum Gasteiger partial charge on any atom is 0.407 e. The standard InChI is InChI=1S/C6H11NO5/c1-12-6(11)7-4(2-3-8)5(9)10/h4,8H,2-3H2,1H3,(H,7,11)(H,9,10)/t4-/m1/s1. The minimum absolute atomic E-state index is 0.0373. The van der Waals surface area contributed by atoms with Crippen LogP contribution in [0.3, 0.4) is 0 Å². The van der Waals surface area contributed by atoms with Crippen LogP contribution in [0, 0.1) is 0 Å². The van der Waals surface area contributed by atoms with Crippen LogP contribution in [0.1, 0.15) is 6.42 Å². The first kappa shape index (κ1) is 10.7. The fourth-order valence-corrected chi connectivity index (χ4v) is 0.588. The van der Waals surface area contributed by atoms with Crippen molar-refractivity contribution in [3.05, 3.63) is 0 Å². The van der Waals surface area contributed by atoms with Gasteiger partial charge in [-0.05, 0) is 0 Å². The van der Waals surface area contributed by atoms with Crippen LogP contribution in [0.15, 0.2) is 0 Å². The summed E-state index contributed by atoms with van der Waals surface area (Å²) in [5.41, 5.74) is 0. The molecule has 70 valence electrons. The van der Waals surface area contributed by atoms with Crippen LogP contribution in [-0.2, 0) is 9.53 Å². The fraction of sp³-hybridized carbons (Fsp3) is 0.667. The van der Waals surface area contributed by atoms with E-state index in [0.717, 1.165) is 7.11 Å². The molecular weight excluding hydrogens is 166 g/mol. The van der Waals surface area contributed by atoms with E-state index in [0.29, 0.717) is 0 Å². The molecule has 0 aliphatic carbocycles. The van der Waals surface area contributed by atoms with Gasteiger partial charge in [-0.15, -0.1) is 0 Å². The molecule has 0 rings (SSSR count). The minimum atomic E-state index is -1.20. The number of carboxylic acid groups (broad SMARTS) is 1. The maximum atomic E-state index is 10.5. The zero-order valence-corrected chi connectivity index (χ0v) is 6.61. The third-order valence-electron chi connectivity index (χ3n) is 1.19. The molecule has 3 N–H and O–H groups in total. The minimum Gasteiger partial charge on any atom is -0.480 e. The van der Waals surface area contributed by atoms with Crippen molar-refractivity contribution in [2.45, 2.75) is 12.5 Å². The predicted octanol–water partition coefficient (Wildman–Crippen LogP) is -0.822. The van der Waals surface area contributed by atoms with Crippen LogP contribution >= 0.6 is 0 Å². The highest BCUT2D eigenvalue weighted by Crippen LogP contribution is 1.91. The summed E-state index contributed by atoms with van der Waals surface area (Å²) in [5.74, 6) is -1.20. The molecule has 6 nitrogen and oxygen atoms in total. The van der Waals surface area contributed by atoms with Crippen molar-refractivity contribution in [2.24, 2.45) is 0 Å². The largest absolute Gasteiger partial charge is 0.480 e. The van der Waals surface area contributed by atoms with Crippen molar-refractivity contribution in [3.63, 3.8) is 0 Å². The van der Waals surface area contributed by atoms with Crippen molar-refractivity contribution >= 4 is 12.1 Å². The van der Waals surface area contributed by atoms with Crippen molar-refractivity contribution in [3.8, 4) is 0 Å². The Hall–Kier alpha value is -1.30. The van der Waals surface area contributed by atoms with E-state index in [2.05, 4.69) is 4.74 Å². The number of aliphatic carboxylic acids is 1. The van der Waals surface area contributed by atoms with Crippen LogP contribution in [0.4, 0.5) is 4.79 Å². The number of alkyl carbamates (subject to hydrolysis) is 1. The van der Waals surface area contributed by atoms with Gasteiger partial charge in [0.15, 0.2) is 0 Å². The van der Waals surface area contributed by atoms with Gasteiger partial charge in [0, 0.05) is 13.0 Å². The smallest absolute Gasteiger partial charge is 0.407 e. The van der Waals surface area contributed by atoms with Gasteiger partial charge in [-0.1, -0.05) is 0 Å². The van der Waals surface area contributed by atoms with Crippen molar-refractivity contribution < 1.29 is 24.5 Å². The lowest BCUT2D eigenvalue weighted by Crippen LogP contribution is -2.41. The molecule has 0 bridgehead atoms. The number of carbonyl (C=O) groups is 2. The summed E-state index contributed by atoms with van der Waals surface area (Å²) in [6.45, 7) is -0.305. The summed E-state index contributed by atoms with van der Waals surface area (Å²) < 4.78 is 4.18. The van der Waals surface area contributed by atoms with Crippen LogP contribution in [-0.4, -0.2) is 42.0 Å². The molecule has 0 fully saturated rings. The summed E-state index contributed by atoms with van der Waals surface area (Å²) in [4.78, 5) is 20.9. The normalized spacial score (nSPS) is 11.8. The monoisotopic (exact) mass is 177 g/mol. The van der Waals surface area contributed by atoms with Crippen LogP contribution in [0.25, 0.3) is 0 Å². The molecule has 6 heteroatoms. The van der Waals surface area contributed by atoms with Gasteiger partial charge in [0.25, 0.3) is 0 Å². The Kier molecular flexibility index (Phi) is 4.78. The third kappa shape index (κ3) is 3.77. The lowest BCUT2D eigenvalue weighted by Gasteiger charge is -2.11. The molecule has 0 unspecified atom stereocenters. The average molecular weight is 177 g/mol. The molecular formula is C6H11NO5. The van der Waals surface area contributed by atoms with E-state index >= 15 is 0 Å². The van der Waals surface area contributed by atoms with Gasteiger partial charge in [0.05, 0.1) is 7.11 Å². The van der Waals surface area contributed by atoms with Gasteiger partial charge >= 0.3 is 12.1 Å². The first-order valence-corrected chi connectivity index (χ1v) is 3.30. The topological polar surface area (TPSA) is 95.9 Å². The quantitative estimate of drug-likeness (QED) is 0.521. The van der Waals surface area contributed by atoms with E-state index in [1.807, 2.05) is 5.32 Å². The van der Waals surface area contributed by atoms with E-state index in [4.69, 9.17) is 10.2 Å². The lowest BCUT2D eigenvalue weighted by molar-refractivity contribution is -0.139. The van der Waals surface area contributed by atoms with Crippen LogP contribution in [0.2, 0.25) is 0 Å². The highest BCUT2D eigenvalue weighted by molar-refractivity contribution is 5.79. The van der Waals surface area contributed by atoms with Gasteiger partial charge in [0.1, 0.15) is 6.04 Å². The summed E-state index contributed by atoms with van der Waals surface area (Å²) in [7, 11) is 1.13. The summed E-state index contributed by atoms with van der Waals surface area (Å²) in [6, 6.07) is -1.09. The Morgan fingerprint density at radius 3 is 2.50 bits per heavy atom. The highest BCUT2D eigenvalue weighted by atomic mass is 16.5. The van der Waals surface area contributed by atoms with E-state index in [1.54, 1.807) is 0 Å². The number of hydrogen-bond acceptors (Lipinski definition) is 4. The Balaban J connectivity index is 3.95. The molecule has 1 amide bonds. The second-order valence-corrected chi connectivity index (χ2v) is 2.04. The zero-order valence-electron chi connectivity index (χ0n) is 6.61. The van der Waals surface area contributed by atoms with Gasteiger partial charge in [-0.2, -0.15) is 0 Å². The lowest BCUT2D eigenvalue weighted by atomic mass is 10.2. The van der Waals surface area contributed by atoms with E-state index in [-0.39, 0.29) is 13.0 Å². The van der Waals surface area contributed by atoms with Crippen molar-refractivity contribution in [1.82, 2.24) is 5.32 Å². The van der Waals surface area contributed by atoms with Crippen LogP contribution in [0.5, 0.6) is 0 Å². The first-order valence-electron chi connectivity index (χ1n) is 3.30. The molecule has 0 aromatic carbocycles. The average Bonchev–Trinajstić information content (AvgIpc) is 2.03. The molecule has 0 aromatic heterocycles. The number of carboxylic acids is 1. The van der Waals surface area contributed by atoms with Gasteiger partial charge < -0.3 is 20.3 Å². The second-order valence-electron chi connectivity index (χ2n) is 2.04. The van der Waals surface area contributed by atoms with Crippen LogP contribution < -0.4 is 5.32 Å². The molecule has 0 aliphatic heterocycles. The number of methoxy groups -OCH3 is 1. The molecule has 0 spiro atoms. The third-order valence-corrected chi connectivity index (χ3v) is 1.19. The second kappa shape index (κ2) is 5.36. The fourth-order valence-electron chi connectivity index (χ4n) is 0.588. The maximum absolute atomic E-state index is 10.5. The highest BCUT2D eigenvalue weighted by Gasteiger charge is 2.18. The molecule has 0 aromatic rings. The number of hydrogen-bond donors (Lipinski definition) is 3. The SMILES string of the molecule is COC(=O)N[C@H](CCO)C(=O)O. The van der Waals surface area contributed by atoms with E-state index in [1.165, 1.54) is 0 Å². The number of rotatable bonds is 4. The summed E-state index contributed by atoms with van der Waals surface area (Å²) >= 11 is 0. The zero-order chi connectivity index (χ0) is 9.56. The molecule has 12 heavy (non-hydrogen) atoms. The summed E-state index contributed by atoms with van der Waals surface area (Å²) in [6.07, 6.45) is -0.861. The Morgan fingerprint density at radius 2 is 2.17 bits per heavy atom. The molecule has 0 saturated carbocycles. The molecule has 0 radical (unpaired) electrons. The first-order chi connectivity index (χ1) is 5.61. The molecule has 0 saturated heterocycles. The number of aliphatic hydroxyl groups excluding tert-OH is 1. The number of amides is 1. The number of ether oxygens (including phenoxy) is 1. The predicted molar refractivity (Wildman–Crippen MR) is 38.7 cm³/mol. The Labute approximate surface area is 69.1 Å². The van der Waals surface area contributed by atoms with E-state index < -0.39 is 18.1 Å². The summed E-state index contributed by atoms with van der Waals surface area (Å²) in [5, 5.41) is 18.9. The number of aliphatic hydroxyl groups is 1. The van der Waals surface area contributed by atoms with Crippen molar-refractivity contribution in [2.75, 3.05) is 13.7 Å². The number of nitrogens with one attached hydrogen (secondary N) is 1. The molecule has 0 heterocycles. The Bertz CT molecular complexity index is 167. The van der Waals surface area contributed by atoms with Gasteiger partial charge in [0.2, 0.25) is 0 Å². The molecule has 0 aliphatic rings.